The summed E-state index contributed by atoms with van der Waals surface area (Å²) in [6, 6.07) is 0. The number of rotatable bonds is 0. The molecular weight excluding hydrogens is 7380 g/mol. The zero-order chi connectivity index (χ0) is 0. The van der Waals surface area contributed by atoms with Crippen molar-refractivity contribution in [2.24, 2.45) is 0 Å². The molecule has 0 amide bonds. The van der Waals surface area contributed by atoms with Gasteiger partial charge < -0.3 is 0 Å². The van der Waals surface area contributed by atoms with Gasteiger partial charge in [0.1, 0.15) is 0 Å². The smallest absolute Gasteiger partial charge is 0 e. The first-order valence-electron chi connectivity index (χ1n) is 0. The van der Waals surface area contributed by atoms with E-state index in [0.29, 0.717) is 0 Å². The first-order chi connectivity index (χ1) is 0. The molecular formula is U31. The van der Waals surface area contributed by atoms with Crippen LogP contribution >= 0.6 is 0 Å². The molecule has 0 unspecified atom stereocenters. The van der Waals surface area contributed by atoms with Gasteiger partial charge in [0, 0.05) is 965 Å². The molecule has 124 valence electrons. The molecule has 0 aromatic carbocycles. The fraction of sp³-hybridized carbons (Fsp3) is 0. The third-order valence-corrected chi connectivity index (χ3v) is 0. The molecule has 0 spiro atoms. The average molecular weight is 7380 g/mol. The van der Waals surface area contributed by atoms with Crippen LogP contribution in [0.3, 0.4) is 0 Å². The summed E-state index contributed by atoms with van der Waals surface area (Å²) < 4.78 is 0. The molecule has 0 nitrogen and oxygen atoms in total. The van der Waals surface area contributed by atoms with Crippen LogP contribution in [0.2, 0.25) is 0 Å². The van der Waals surface area contributed by atoms with Crippen molar-refractivity contribution in [3.63, 3.8) is 0 Å². The predicted octanol–water partition coefficient (Wildman–Crippen LogP) is 0. The monoisotopic (exact) mass is 7380 g/mol. The van der Waals surface area contributed by atoms with Gasteiger partial charge in [-0.3, -0.25) is 0 Å². The van der Waals surface area contributed by atoms with Crippen molar-refractivity contribution in [1.82, 2.24) is 0 Å². The summed E-state index contributed by atoms with van der Waals surface area (Å²) in [6.45, 7) is 0. The third kappa shape index (κ3) is 216. The van der Waals surface area contributed by atoms with Crippen LogP contribution in [0.15, 0.2) is 0 Å². The zero-order valence-electron chi connectivity index (χ0n) is 15.5. The molecule has 0 fully saturated rings. The molecule has 31 heavy (non-hydrogen) atoms. The first-order valence-corrected chi connectivity index (χ1v) is 0. The van der Waals surface area contributed by atoms with E-state index in [1.165, 1.54) is 0 Å². The molecule has 31 heteroatoms. The molecule has 0 bridgehead atoms. The second-order valence-electron chi connectivity index (χ2n) is 0. The number of hydrogen-bond acceptors (Lipinski definition) is 0. The normalized spacial score (nSPS) is 0. The van der Waals surface area contributed by atoms with E-state index in [4.69, 9.17) is 0 Å². The van der Waals surface area contributed by atoms with Gasteiger partial charge in [0.15, 0.2) is 0 Å². The van der Waals surface area contributed by atoms with Gasteiger partial charge in [0.25, 0.3) is 0 Å². The molecule has 0 aliphatic heterocycles. The molecule has 0 radical (unpaired) electrons. The minimum atomic E-state index is 0. The van der Waals surface area contributed by atoms with Crippen LogP contribution in [0.1, 0.15) is 0 Å². The maximum Gasteiger partial charge on any atom is 0 e. The Bertz CT molecular complexity index is 0. The minimum Gasteiger partial charge on any atom is 0 e. The molecule has 0 heterocycles. The maximum atomic E-state index is 0. The third-order valence-electron chi connectivity index (χ3n) is 0. The van der Waals surface area contributed by atoms with Gasteiger partial charge in [-0.15, -0.1) is 0 Å². The molecule has 0 aromatic rings. The van der Waals surface area contributed by atoms with Crippen molar-refractivity contribution in [1.29, 1.82) is 0 Å². The van der Waals surface area contributed by atoms with E-state index in [-0.39, 0.29) is 965 Å². The van der Waals surface area contributed by atoms with E-state index in [1.54, 1.807) is 0 Å². The van der Waals surface area contributed by atoms with Crippen LogP contribution in [0.4, 0.5) is 0 Å². The zero-order valence-corrected chi connectivity index (χ0v) is 145. The van der Waals surface area contributed by atoms with Crippen LogP contribution in [-0.2, 0) is 0 Å². The largest absolute Gasteiger partial charge is 0 e. The van der Waals surface area contributed by atoms with E-state index in [0.717, 1.165) is 0 Å². The molecule has 0 saturated carbocycles. The van der Waals surface area contributed by atoms with Crippen molar-refractivity contribution in [3.8, 4) is 0 Å². The fourth-order valence-electron chi connectivity index (χ4n) is 0. The fourth-order valence-corrected chi connectivity index (χ4v) is 0. The molecule has 0 saturated heterocycles. The molecule has 0 aromatic heterocycles. The van der Waals surface area contributed by atoms with Crippen LogP contribution in [-0.4, -0.2) is 0 Å². The first kappa shape index (κ1) is 234. The van der Waals surface area contributed by atoms with Crippen molar-refractivity contribution >= 4 is 0 Å². The molecule has 0 atom stereocenters. The Morgan fingerprint density at radius 3 is 0.0323 bits per heavy atom. The molecule has 0 aliphatic carbocycles. The van der Waals surface area contributed by atoms with Crippen LogP contribution in [0.25, 0.3) is 0 Å². The van der Waals surface area contributed by atoms with Gasteiger partial charge in [0.05, 0.1) is 0 Å². The van der Waals surface area contributed by atoms with E-state index in [1.807, 2.05) is 0 Å². The van der Waals surface area contributed by atoms with Crippen LogP contribution < -0.4 is 0 Å². The predicted molar refractivity (Wildman–Crippen MR) is 0 cm³/mol. The standard InChI is InChI=1S/31U. The maximum absolute atomic E-state index is 0. The Morgan fingerprint density at radius 1 is 0.0323 bits per heavy atom. The van der Waals surface area contributed by atoms with Gasteiger partial charge in [-0.25, -0.2) is 0 Å². The SMILES string of the molecule is [U].[U].[U].[U].[U].[U].[U].[U].[U].[U].[U].[U].[U].[U].[U].[U].[U].[U].[U].[U].[U].[U].[U].[U].[U].[U].[U].[U].[U].[U].[U]. The van der Waals surface area contributed by atoms with E-state index in [2.05, 4.69) is 0 Å². The summed E-state index contributed by atoms with van der Waals surface area (Å²) in [6.07, 6.45) is 0. The summed E-state index contributed by atoms with van der Waals surface area (Å²) in [5.74, 6) is 0. The van der Waals surface area contributed by atoms with E-state index >= 15 is 0 Å². The van der Waals surface area contributed by atoms with E-state index in [9.17, 15) is 0 Å². The summed E-state index contributed by atoms with van der Waals surface area (Å²) >= 11 is 0. The van der Waals surface area contributed by atoms with Crippen molar-refractivity contribution in [2.45, 2.75) is 0 Å². The second-order valence-corrected chi connectivity index (χ2v) is 0. The van der Waals surface area contributed by atoms with Crippen molar-refractivity contribution in [2.75, 3.05) is 0 Å². The Balaban J connectivity index is 0. The van der Waals surface area contributed by atoms with Crippen LogP contribution in [0, 0.1) is 965 Å². The summed E-state index contributed by atoms with van der Waals surface area (Å²) in [5.41, 5.74) is 0. The second kappa shape index (κ2) is 223. The summed E-state index contributed by atoms with van der Waals surface area (Å²) in [7, 11) is 0. The van der Waals surface area contributed by atoms with Crippen LogP contribution in [0.5, 0.6) is 0 Å². The molecule has 0 rings (SSSR count). The van der Waals surface area contributed by atoms with Gasteiger partial charge in [-0.2, -0.15) is 0 Å². The van der Waals surface area contributed by atoms with Crippen molar-refractivity contribution < 1.29 is 965 Å². The molecule has 0 aliphatic rings. The quantitative estimate of drug-likeness (QED) is 0.321. The Labute approximate surface area is 928 Å². The van der Waals surface area contributed by atoms with Gasteiger partial charge in [0.2, 0.25) is 0 Å². The minimum absolute atomic E-state index is 0. The summed E-state index contributed by atoms with van der Waals surface area (Å²) in [5, 5.41) is 0. The van der Waals surface area contributed by atoms with E-state index < -0.39 is 0 Å². The topological polar surface area (TPSA) is 0 Å². The number of hydrogen-bond donors (Lipinski definition) is 0. The van der Waals surface area contributed by atoms with Gasteiger partial charge in [-0.05, 0) is 0 Å². The summed E-state index contributed by atoms with van der Waals surface area (Å²) in [4.78, 5) is 0. The van der Waals surface area contributed by atoms with Gasteiger partial charge in [-0.1, -0.05) is 0 Å². The average Bonchev–Trinajstić information content (AvgIpc) is 0. The van der Waals surface area contributed by atoms with Gasteiger partial charge >= 0.3 is 0 Å². The Kier molecular flexibility index (Phi) is 1690. The Hall–Kier alpha value is 32.6. The molecule has 0 N–H and O–H groups in total. The Morgan fingerprint density at radius 2 is 0.0323 bits per heavy atom. The van der Waals surface area contributed by atoms with Crippen molar-refractivity contribution in [3.05, 3.63) is 0 Å².